The van der Waals surface area contributed by atoms with Crippen molar-refractivity contribution in [3.8, 4) is 0 Å². The van der Waals surface area contributed by atoms with Crippen LogP contribution in [0, 0.1) is 0 Å². The molecule has 188 valence electrons. The van der Waals surface area contributed by atoms with Crippen molar-refractivity contribution in [2.75, 3.05) is 4.90 Å². The lowest BCUT2D eigenvalue weighted by molar-refractivity contribution is -0.121. The molecule has 12 heteroatoms. The minimum atomic E-state index is -4.62. The van der Waals surface area contributed by atoms with Gasteiger partial charge in [-0.05, 0) is 54.1 Å². The Balaban J connectivity index is 1.77. The van der Waals surface area contributed by atoms with Crippen molar-refractivity contribution < 1.29 is 18.0 Å². The van der Waals surface area contributed by atoms with Gasteiger partial charge in [-0.2, -0.15) is 0 Å². The van der Waals surface area contributed by atoms with Gasteiger partial charge in [-0.15, -0.1) is 3.97 Å². The zero-order valence-corrected chi connectivity index (χ0v) is 21.3. The maximum absolute atomic E-state index is 13.7. The average Bonchev–Trinajstić information content (AvgIpc) is 3.19. The fourth-order valence-corrected chi connectivity index (χ4v) is 5.88. The molecule has 0 spiro atoms. The maximum Gasteiger partial charge on any atom is 0.346 e. The molecule has 1 aliphatic rings. The molecule has 0 atom stereocenters. The van der Waals surface area contributed by atoms with E-state index in [0.717, 1.165) is 9.47 Å². The van der Waals surface area contributed by atoms with E-state index >= 15 is 0 Å². The van der Waals surface area contributed by atoms with Gasteiger partial charge in [0.2, 0.25) is 11.8 Å². The van der Waals surface area contributed by atoms with Crippen molar-refractivity contribution in [1.29, 1.82) is 0 Å². The number of hydrogen-bond acceptors (Lipinski definition) is 6. The number of carbonyl (C=O) groups is 2. The molecule has 0 N–H and O–H groups in total. The number of carbonyl (C=O) groups excluding carboxylic acids is 2. The van der Waals surface area contributed by atoms with Crippen LogP contribution in [0.2, 0.25) is 10.0 Å². The van der Waals surface area contributed by atoms with Crippen LogP contribution in [0.5, 0.6) is 0 Å². The van der Waals surface area contributed by atoms with Crippen LogP contribution in [0.15, 0.2) is 81.2 Å². The molecular formula is C25H17Cl2N3O6S. The number of para-hydroxylation sites is 1. The zero-order valence-electron chi connectivity index (χ0n) is 18.9. The molecule has 0 radical (unpaired) electrons. The van der Waals surface area contributed by atoms with E-state index in [9.17, 15) is 27.6 Å². The van der Waals surface area contributed by atoms with Crippen molar-refractivity contribution in [3.05, 3.63) is 103 Å². The van der Waals surface area contributed by atoms with Crippen LogP contribution in [0.3, 0.4) is 0 Å². The molecule has 0 unspecified atom stereocenters. The molecule has 1 saturated heterocycles. The largest absolute Gasteiger partial charge is 0.346 e. The van der Waals surface area contributed by atoms with Crippen molar-refractivity contribution in [1.82, 2.24) is 8.54 Å². The number of halogens is 2. The summed E-state index contributed by atoms with van der Waals surface area (Å²) in [4.78, 5) is 52.6. The SMILES string of the molecule is O=C1CCC(=O)N1c1ccccc1Cn1c(=O)n(S(=O)(=O)c2ccc(Cl)cc2)c(=O)c2ccc(Cl)cc21. The van der Waals surface area contributed by atoms with E-state index in [1.165, 1.54) is 42.5 Å². The second-order valence-corrected chi connectivity index (χ2v) is 11.0. The summed E-state index contributed by atoms with van der Waals surface area (Å²) in [6, 6.07) is 15.7. The second-order valence-electron chi connectivity index (χ2n) is 8.31. The summed E-state index contributed by atoms with van der Waals surface area (Å²) in [5, 5.41) is 0.434. The summed E-state index contributed by atoms with van der Waals surface area (Å²) in [6.07, 6.45) is 0.131. The summed E-state index contributed by atoms with van der Waals surface area (Å²) in [7, 11) is -4.62. The summed E-state index contributed by atoms with van der Waals surface area (Å²) in [5.41, 5.74) is -1.41. The highest BCUT2D eigenvalue weighted by molar-refractivity contribution is 7.90. The number of rotatable bonds is 5. The van der Waals surface area contributed by atoms with Crippen LogP contribution in [-0.2, 0) is 26.2 Å². The summed E-state index contributed by atoms with van der Waals surface area (Å²) in [5.74, 6) is -0.763. The molecule has 1 aliphatic heterocycles. The van der Waals surface area contributed by atoms with Gasteiger partial charge in [0, 0.05) is 22.9 Å². The Labute approximate surface area is 220 Å². The van der Waals surface area contributed by atoms with Gasteiger partial charge in [-0.3, -0.25) is 23.9 Å². The molecule has 4 aromatic rings. The van der Waals surface area contributed by atoms with Crippen molar-refractivity contribution >= 4 is 61.6 Å². The van der Waals surface area contributed by atoms with Crippen LogP contribution in [0.1, 0.15) is 18.4 Å². The highest BCUT2D eigenvalue weighted by atomic mass is 35.5. The van der Waals surface area contributed by atoms with Crippen molar-refractivity contribution in [2.24, 2.45) is 0 Å². The number of fused-ring (bicyclic) bond motifs is 1. The van der Waals surface area contributed by atoms with Gasteiger partial charge in [0.25, 0.3) is 15.6 Å². The van der Waals surface area contributed by atoms with E-state index in [2.05, 4.69) is 0 Å². The fourth-order valence-electron chi connectivity index (χ4n) is 4.27. The molecule has 2 amide bonds. The zero-order chi connectivity index (χ0) is 26.5. The summed E-state index contributed by atoms with van der Waals surface area (Å²) >= 11 is 12.0. The summed E-state index contributed by atoms with van der Waals surface area (Å²) < 4.78 is 28.2. The molecule has 5 rings (SSSR count). The minimum absolute atomic E-state index is 0.0626. The molecule has 9 nitrogen and oxygen atoms in total. The third-order valence-electron chi connectivity index (χ3n) is 6.03. The number of benzene rings is 3. The number of nitrogens with zero attached hydrogens (tertiary/aromatic N) is 3. The third-order valence-corrected chi connectivity index (χ3v) is 8.19. The second kappa shape index (κ2) is 9.29. The Morgan fingerprint density at radius 1 is 0.784 bits per heavy atom. The maximum atomic E-state index is 13.7. The van der Waals surface area contributed by atoms with E-state index in [1.54, 1.807) is 24.3 Å². The normalized spacial score (nSPS) is 14.1. The average molecular weight is 558 g/mol. The molecule has 1 aromatic heterocycles. The lowest BCUT2D eigenvalue weighted by atomic mass is 10.1. The van der Waals surface area contributed by atoms with Gasteiger partial charge in [-0.25, -0.2) is 13.2 Å². The Morgan fingerprint density at radius 2 is 1.41 bits per heavy atom. The number of hydrogen-bond donors (Lipinski definition) is 0. The van der Waals surface area contributed by atoms with E-state index < -0.39 is 21.3 Å². The van der Waals surface area contributed by atoms with E-state index in [0.29, 0.717) is 5.56 Å². The highest BCUT2D eigenvalue weighted by Crippen LogP contribution is 2.28. The monoisotopic (exact) mass is 557 g/mol. The first kappa shape index (κ1) is 24.9. The number of imide groups is 1. The summed E-state index contributed by atoms with van der Waals surface area (Å²) in [6.45, 7) is -0.251. The number of aromatic nitrogens is 2. The van der Waals surface area contributed by atoms with Crippen LogP contribution in [0.25, 0.3) is 10.9 Å². The van der Waals surface area contributed by atoms with Crippen LogP contribution >= 0.6 is 23.2 Å². The van der Waals surface area contributed by atoms with Gasteiger partial charge in [0.05, 0.1) is 28.0 Å². The topological polar surface area (TPSA) is 116 Å². The Kier molecular flexibility index (Phi) is 6.26. The van der Waals surface area contributed by atoms with Gasteiger partial charge in [-0.1, -0.05) is 41.4 Å². The smallest absolute Gasteiger partial charge is 0.288 e. The van der Waals surface area contributed by atoms with E-state index in [4.69, 9.17) is 23.2 Å². The van der Waals surface area contributed by atoms with Gasteiger partial charge in [0.1, 0.15) is 0 Å². The van der Waals surface area contributed by atoms with Gasteiger partial charge in [0.15, 0.2) is 0 Å². The quantitative estimate of drug-likeness (QED) is 0.347. The molecule has 1 fully saturated rings. The van der Waals surface area contributed by atoms with Crippen molar-refractivity contribution in [3.63, 3.8) is 0 Å². The van der Waals surface area contributed by atoms with Gasteiger partial charge < -0.3 is 0 Å². The molecule has 2 heterocycles. The molecule has 0 saturated carbocycles. The molecule has 0 bridgehead atoms. The van der Waals surface area contributed by atoms with Crippen LogP contribution in [0.4, 0.5) is 5.69 Å². The van der Waals surface area contributed by atoms with Crippen LogP contribution < -0.4 is 16.1 Å². The Morgan fingerprint density at radius 3 is 2.08 bits per heavy atom. The third kappa shape index (κ3) is 4.26. The first-order valence-corrected chi connectivity index (χ1v) is 13.2. The lowest BCUT2D eigenvalue weighted by Gasteiger charge is -2.20. The highest BCUT2D eigenvalue weighted by Gasteiger charge is 2.32. The lowest BCUT2D eigenvalue weighted by Crippen LogP contribution is -2.44. The number of amides is 2. The van der Waals surface area contributed by atoms with Crippen LogP contribution in [-0.4, -0.2) is 28.8 Å². The molecule has 37 heavy (non-hydrogen) atoms. The Bertz CT molecular complexity index is 1810. The van der Waals surface area contributed by atoms with E-state index in [-0.39, 0.29) is 66.7 Å². The standard InChI is InChI=1S/C25H17Cl2N3O6S/c26-16-5-8-18(9-6-16)37(35,36)30-24(33)19-10-7-17(27)13-21(19)28(25(30)34)14-15-3-1-2-4-20(15)29-22(31)11-12-23(29)32/h1-10,13H,11-12,14H2. The first-order chi connectivity index (χ1) is 17.6. The van der Waals surface area contributed by atoms with E-state index in [1.807, 2.05) is 0 Å². The number of anilines is 1. The fraction of sp³-hybridized carbons (Fsp3) is 0.120. The minimum Gasteiger partial charge on any atom is -0.288 e. The molecular weight excluding hydrogens is 541 g/mol. The predicted octanol–water partition coefficient (Wildman–Crippen LogP) is 3.41. The predicted molar refractivity (Wildman–Crippen MR) is 139 cm³/mol. The first-order valence-electron chi connectivity index (χ1n) is 11.0. The van der Waals surface area contributed by atoms with Gasteiger partial charge >= 0.3 is 5.69 Å². The molecule has 0 aliphatic carbocycles. The van der Waals surface area contributed by atoms with Crippen molar-refractivity contribution in [2.45, 2.75) is 24.3 Å². The Hall–Kier alpha value is -3.73. The molecule has 3 aromatic carbocycles.